The largest absolute Gasteiger partial charge is 0.506 e. The normalized spacial score (nSPS) is 15.1. The molecule has 1 aliphatic heterocycles. The maximum Gasteiger partial charge on any atom is 0.287 e. The maximum absolute atomic E-state index is 12.5. The van der Waals surface area contributed by atoms with Gasteiger partial charge in [-0.15, -0.1) is 0 Å². The molecule has 0 aliphatic carbocycles. The van der Waals surface area contributed by atoms with Crippen LogP contribution in [-0.2, 0) is 4.74 Å². The number of ether oxygens (including phenoxy) is 1. The van der Waals surface area contributed by atoms with E-state index in [9.17, 15) is 9.90 Å². The van der Waals surface area contributed by atoms with Crippen molar-refractivity contribution in [2.24, 2.45) is 0 Å². The van der Waals surface area contributed by atoms with Crippen molar-refractivity contribution < 1.29 is 14.6 Å². The second-order valence-corrected chi connectivity index (χ2v) is 6.85. The molecule has 27 heavy (non-hydrogen) atoms. The zero-order valence-electron chi connectivity index (χ0n) is 15.1. The summed E-state index contributed by atoms with van der Waals surface area (Å²) in [5.41, 5.74) is 3.94. The predicted octanol–water partition coefficient (Wildman–Crippen LogP) is 3.30. The Morgan fingerprint density at radius 2 is 2.07 bits per heavy atom. The number of H-pyrrole nitrogens is 2. The Balaban J connectivity index is 1.59. The van der Waals surface area contributed by atoms with E-state index in [1.165, 1.54) is 0 Å². The average molecular weight is 366 g/mol. The number of hydrogen-bond donors (Lipinski definition) is 4. The summed E-state index contributed by atoms with van der Waals surface area (Å²) in [5, 5.41) is 13.5. The van der Waals surface area contributed by atoms with E-state index in [2.05, 4.69) is 26.8 Å². The topological polar surface area (TPSA) is 103 Å². The monoisotopic (exact) mass is 366 g/mol. The van der Waals surface area contributed by atoms with Crippen LogP contribution >= 0.6 is 0 Å². The van der Waals surface area contributed by atoms with Crippen molar-refractivity contribution in [3.8, 4) is 11.3 Å². The van der Waals surface area contributed by atoms with Crippen LogP contribution in [0.4, 0.5) is 0 Å². The number of nitrogens with zero attached hydrogens (tertiary/aromatic N) is 1. The first kappa shape index (κ1) is 17.4. The number of nitrogens with one attached hydrogen (secondary N) is 3. The lowest BCUT2D eigenvalue weighted by molar-refractivity contribution is 0.0692. The summed E-state index contributed by atoms with van der Waals surface area (Å²) in [6.45, 7) is 6.79. The minimum atomic E-state index is -0.196. The third-order valence-electron chi connectivity index (χ3n) is 4.86. The summed E-state index contributed by atoms with van der Waals surface area (Å²) in [5.74, 6) is 0.112. The van der Waals surface area contributed by atoms with Gasteiger partial charge in [0, 0.05) is 41.4 Å². The molecule has 0 spiro atoms. The summed E-state index contributed by atoms with van der Waals surface area (Å²) in [4.78, 5) is 23.2. The number of carbonyl (C=O) groups is 1. The molecule has 3 heterocycles. The lowest BCUT2D eigenvalue weighted by Crippen LogP contribution is -2.39. The minimum Gasteiger partial charge on any atom is -0.506 e. The molecule has 1 aromatic carbocycles. The van der Waals surface area contributed by atoms with Crippen molar-refractivity contribution >= 4 is 22.6 Å². The van der Waals surface area contributed by atoms with Crippen molar-refractivity contribution in [2.45, 2.75) is 25.8 Å². The van der Waals surface area contributed by atoms with Crippen molar-refractivity contribution in [1.82, 2.24) is 20.3 Å². The van der Waals surface area contributed by atoms with E-state index in [0.29, 0.717) is 24.7 Å². The Labute approximate surface area is 156 Å². The number of fused-ring (bicyclic) bond motifs is 1. The summed E-state index contributed by atoms with van der Waals surface area (Å²) < 4.78 is 5.32. The second-order valence-electron chi connectivity index (χ2n) is 6.85. The molecule has 7 heteroatoms. The van der Waals surface area contributed by atoms with Gasteiger partial charge in [-0.3, -0.25) is 4.79 Å². The molecule has 0 saturated carbocycles. The summed E-state index contributed by atoms with van der Waals surface area (Å²) >= 11 is 0. The zero-order chi connectivity index (χ0) is 19.0. The number of rotatable bonds is 4. The predicted molar refractivity (Wildman–Crippen MR) is 104 cm³/mol. The Bertz CT molecular complexity index is 1010. The number of hydrogen-bond acceptors (Lipinski definition) is 4. The van der Waals surface area contributed by atoms with Gasteiger partial charge in [-0.1, -0.05) is 12.6 Å². The molecule has 140 valence electrons. The van der Waals surface area contributed by atoms with Crippen molar-refractivity contribution in [1.29, 1.82) is 0 Å². The molecule has 0 bridgehead atoms. The fourth-order valence-electron chi connectivity index (χ4n) is 3.38. The fourth-order valence-corrected chi connectivity index (χ4v) is 3.38. The van der Waals surface area contributed by atoms with Crippen LogP contribution in [0.3, 0.4) is 0 Å². The van der Waals surface area contributed by atoms with Crippen LogP contribution in [0.5, 0.6) is 0 Å². The smallest absolute Gasteiger partial charge is 0.287 e. The van der Waals surface area contributed by atoms with Gasteiger partial charge in [0.15, 0.2) is 5.82 Å². The molecule has 1 fully saturated rings. The molecule has 4 rings (SSSR count). The Hall–Kier alpha value is -3.06. The maximum atomic E-state index is 12.5. The molecular weight excluding hydrogens is 344 g/mol. The number of aryl methyl sites for hydroxylation is 1. The first-order chi connectivity index (χ1) is 13.0. The molecule has 3 aromatic rings. The van der Waals surface area contributed by atoms with Gasteiger partial charge in [-0.2, -0.15) is 0 Å². The van der Waals surface area contributed by atoms with Crippen molar-refractivity contribution in [3.63, 3.8) is 0 Å². The van der Waals surface area contributed by atoms with Crippen LogP contribution < -0.4 is 5.32 Å². The highest BCUT2D eigenvalue weighted by Gasteiger charge is 2.20. The molecule has 0 unspecified atom stereocenters. The number of aliphatic hydroxyl groups excluding tert-OH is 1. The third kappa shape index (κ3) is 3.46. The Morgan fingerprint density at radius 3 is 2.81 bits per heavy atom. The molecule has 2 aromatic heterocycles. The molecule has 4 N–H and O–H groups in total. The zero-order valence-corrected chi connectivity index (χ0v) is 15.1. The van der Waals surface area contributed by atoms with E-state index in [1.807, 2.05) is 31.2 Å². The molecule has 1 saturated heterocycles. The first-order valence-corrected chi connectivity index (χ1v) is 8.98. The van der Waals surface area contributed by atoms with Crippen LogP contribution in [0, 0.1) is 6.92 Å². The van der Waals surface area contributed by atoms with Crippen LogP contribution in [0.25, 0.3) is 27.9 Å². The van der Waals surface area contributed by atoms with Gasteiger partial charge >= 0.3 is 0 Å². The lowest BCUT2D eigenvalue weighted by atomic mass is 10.1. The third-order valence-corrected chi connectivity index (χ3v) is 4.86. The number of imidazole rings is 1. The van der Waals surface area contributed by atoms with E-state index in [0.717, 1.165) is 40.7 Å². The van der Waals surface area contributed by atoms with Gasteiger partial charge in [0.1, 0.15) is 5.76 Å². The van der Waals surface area contributed by atoms with Gasteiger partial charge in [-0.05, 0) is 38.0 Å². The summed E-state index contributed by atoms with van der Waals surface area (Å²) in [7, 11) is 0. The quantitative estimate of drug-likeness (QED) is 0.532. The van der Waals surface area contributed by atoms with Gasteiger partial charge < -0.3 is 25.1 Å². The molecule has 1 aliphatic rings. The van der Waals surface area contributed by atoms with E-state index in [4.69, 9.17) is 4.74 Å². The van der Waals surface area contributed by atoms with E-state index in [1.54, 1.807) is 0 Å². The highest BCUT2D eigenvalue weighted by atomic mass is 16.5. The van der Waals surface area contributed by atoms with E-state index >= 15 is 0 Å². The molecule has 0 atom stereocenters. The highest BCUT2D eigenvalue weighted by Crippen LogP contribution is 2.27. The van der Waals surface area contributed by atoms with E-state index < -0.39 is 0 Å². The molecular formula is C20H22N4O3. The summed E-state index contributed by atoms with van der Waals surface area (Å²) in [6.07, 6.45) is 1.64. The summed E-state index contributed by atoms with van der Waals surface area (Å²) in [6, 6.07) is 7.80. The SMILES string of the molecule is C=C(O)c1cc2cc(-c3nc(C(=O)NC4CCOCC4)[nH]c3C)ccc2[nH]1. The molecule has 0 radical (unpaired) electrons. The minimum absolute atomic E-state index is 0.00392. The molecule has 1 amide bonds. The van der Waals surface area contributed by atoms with Crippen LogP contribution in [0.15, 0.2) is 30.8 Å². The standard InChI is InChI=1S/C20H22N4O3/c1-11-18(13-3-4-16-14(9-13)10-17(23-16)12(2)25)24-19(21-11)20(26)22-15-5-7-27-8-6-15/h3-4,9-10,15,23,25H,2,5-8H2,1H3,(H,21,24)(H,22,26). The number of aromatic amines is 2. The number of carbonyl (C=O) groups excluding carboxylic acids is 1. The van der Waals surface area contributed by atoms with Crippen molar-refractivity contribution in [3.05, 3.63) is 48.1 Å². The van der Waals surface area contributed by atoms with E-state index in [-0.39, 0.29) is 17.7 Å². The van der Waals surface area contributed by atoms with Crippen LogP contribution in [0.2, 0.25) is 0 Å². The first-order valence-electron chi connectivity index (χ1n) is 8.98. The number of aliphatic hydroxyl groups is 1. The number of aromatic nitrogens is 3. The Kier molecular flexibility index (Phi) is 4.45. The highest BCUT2D eigenvalue weighted by molar-refractivity contribution is 5.92. The number of benzene rings is 1. The van der Waals surface area contributed by atoms with Gasteiger partial charge in [0.25, 0.3) is 5.91 Å². The van der Waals surface area contributed by atoms with Gasteiger partial charge in [-0.25, -0.2) is 4.98 Å². The Morgan fingerprint density at radius 1 is 1.30 bits per heavy atom. The van der Waals surface area contributed by atoms with Crippen LogP contribution in [0.1, 0.15) is 34.8 Å². The lowest BCUT2D eigenvalue weighted by Gasteiger charge is -2.22. The van der Waals surface area contributed by atoms with Gasteiger partial charge in [0.05, 0.1) is 11.4 Å². The van der Waals surface area contributed by atoms with Crippen LogP contribution in [-0.4, -0.2) is 45.2 Å². The van der Waals surface area contributed by atoms with Gasteiger partial charge in [0.2, 0.25) is 0 Å². The average Bonchev–Trinajstić information content (AvgIpc) is 3.25. The van der Waals surface area contributed by atoms with Crippen molar-refractivity contribution in [2.75, 3.05) is 13.2 Å². The molecule has 7 nitrogen and oxygen atoms in total. The number of amides is 1. The fraction of sp³-hybridized carbons (Fsp3) is 0.300. The second kappa shape index (κ2) is 6.92.